The van der Waals surface area contributed by atoms with Crippen molar-refractivity contribution in [1.29, 1.82) is 0 Å². The molecule has 1 rings (SSSR count). The van der Waals surface area contributed by atoms with Gasteiger partial charge in [0.15, 0.2) is 0 Å². The average molecular weight is 214 g/mol. The maximum absolute atomic E-state index is 9.15. The third-order valence-electron chi connectivity index (χ3n) is 3.51. The molecule has 90 valence electrons. The molecular formula is C12H26N2O. The normalized spacial score (nSPS) is 22.6. The fourth-order valence-corrected chi connectivity index (χ4v) is 2.65. The SMILES string of the molecule is CCC(CC)N(CCO)C1CCCNC1. The predicted octanol–water partition coefficient (Wildman–Crippen LogP) is 1.22. The highest BCUT2D eigenvalue weighted by molar-refractivity contribution is 4.82. The van der Waals surface area contributed by atoms with Crippen LogP contribution in [-0.2, 0) is 0 Å². The third-order valence-corrected chi connectivity index (χ3v) is 3.51. The molecule has 1 fully saturated rings. The molecule has 0 amide bonds. The van der Waals surface area contributed by atoms with Crippen LogP contribution in [0.5, 0.6) is 0 Å². The number of nitrogens with zero attached hydrogens (tertiary/aromatic N) is 1. The Kier molecular flexibility index (Phi) is 6.22. The van der Waals surface area contributed by atoms with E-state index in [1.165, 1.54) is 25.7 Å². The van der Waals surface area contributed by atoms with E-state index in [1.807, 2.05) is 0 Å². The summed E-state index contributed by atoms with van der Waals surface area (Å²) in [5, 5.41) is 12.6. The van der Waals surface area contributed by atoms with Gasteiger partial charge in [-0.15, -0.1) is 0 Å². The number of nitrogens with one attached hydrogen (secondary N) is 1. The van der Waals surface area contributed by atoms with Crippen molar-refractivity contribution in [3.8, 4) is 0 Å². The van der Waals surface area contributed by atoms with Gasteiger partial charge in [-0.05, 0) is 32.2 Å². The fraction of sp³-hybridized carbons (Fsp3) is 1.00. The van der Waals surface area contributed by atoms with Crippen LogP contribution < -0.4 is 5.32 Å². The van der Waals surface area contributed by atoms with Crippen LogP contribution in [0.25, 0.3) is 0 Å². The molecule has 0 aromatic carbocycles. The predicted molar refractivity (Wildman–Crippen MR) is 64.1 cm³/mol. The van der Waals surface area contributed by atoms with Crippen molar-refractivity contribution >= 4 is 0 Å². The molecule has 0 aromatic heterocycles. The second-order valence-electron chi connectivity index (χ2n) is 4.43. The zero-order valence-electron chi connectivity index (χ0n) is 10.2. The number of hydrogen-bond donors (Lipinski definition) is 2. The Morgan fingerprint density at radius 3 is 2.60 bits per heavy atom. The first-order valence-electron chi connectivity index (χ1n) is 6.40. The molecule has 15 heavy (non-hydrogen) atoms. The molecule has 0 saturated carbocycles. The highest BCUT2D eigenvalue weighted by atomic mass is 16.3. The smallest absolute Gasteiger partial charge is 0.0558 e. The van der Waals surface area contributed by atoms with Crippen molar-refractivity contribution < 1.29 is 5.11 Å². The van der Waals surface area contributed by atoms with E-state index < -0.39 is 0 Å². The molecule has 0 spiro atoms. The second kappa shape index (κ2) is 7.20. The molecule has 1 aliphatic rings. The number of aliphatic hydroxyl groups is 1. The first kappa shape index (κ1) is 12.9. The van der Waals surface area contributed by atoms with Gasteiger partial charge in [-0.2, -0.15) is 0 Å². The molecule has 1 atom stereocenters. The third kappa shape index (κ3) is 3.74. The van der Waals surface area contributed by atoms with E-state index in [0.29, 0.717) is 12.1 Å². The van der Waals surface area contributed by atoms with Gasteiger partial charge in [0.05, 0.1) is 6.61 Å². The Balaban J connectivity index is 2.53. The standard InChI is InChI=1S/C12H26N2O/c1-3-11(4-2)14(8-9-15)12-6-5-7-13-10-12/h11-13,15H,3-10H2,1-2H3. The van der Waals surface area contributed by atoms with Crippen molar-refractivity contribution in [2.24, 2.45) is 0 Å². The summed E-state index contributed by atoms with van der Waals surface area (Å²) in [6.07, 6.45) is 4.93. The lowest BCUT2D eigenvalue weighted by Crippen LogP contribution is -2.51. The molecule has 3 nitrogen and oxygen atoms in total. The van der Waals surface area contributed by atoms with Gasteiger partial charge >= 0.3 is 0 Å². The lowest BCUT2D eigenvalue weighted by atomic mass is 10.0. The average Bonchev–Trinajstić information content (AvgIpc) is 2.30. The lowest BCUT2D eigenvalue weighted by Gasteiger charge is -2.39. The molecule has 0 aliphatic carbocycles. The van der Waals surface area contributed by atoms with Crippen molar-refractivity contribution in [3.63, 3.8) is 0 Å². The topological polar surface area (TPSA) is 35.5 Å². The van der Waals surface area contributed by atoms with Crippen molar-refractivity contribution in [1.82, 2.24) is 10.2 Å². The highest BCUT2D eigenvalue weighted by Gasteiger charge is 2.24. The number of aliphatic hydroxyl groups excluding tert-OH is 1. The molecule has 0 radical (unpaired) electrons. The Morgan fingerprint density at radius 1 is 1.40 bits per heavy atom. The zero-order valence-corrected chi connectivity index (χ0v) is 10.2. The maximum Gasteiger partial charge on any atom is 0.0558 e. The van der Waals surface area contributed by atoms with E-state index in [4.69, 9.17) is 5.11 Å². The summed E-state index contributed by atoms with van der Waals surface area (Å²) in [7, 11) is 0. The van der Waals surface area contributed by atoms with Crippen LogP contribution in [0.2, 0.25) is 0 Å². The van der Waals surface area contributed by atoms with Gasteiger partial charge in [-0.25, -0.2) is 0 Å². The highest BCUT2D eigenvalue weighted by Crippen LogP contribution is 2.17. The van der Waals surface area contributed by atoms with Crippen LogP contribution >= 0.6 is 0 Å². The molecule has 2 N–H and O–H groups in total. The summed E-state index contributed by atoms with van der Waals surface area (Å²) in [4.78, 5) is 2.51. The van der Waals surface area contributed by atoms with Gasteiger partial charge in [0, 0.05) is 25.2 Å². The minimum Gasteiger partial charge on any atom is -0.395 e. The summed E-state index contributed by atoms with van der Waals surface area (Å²) in [6.45, 7) is 7.86. The number of rotatable bonds is 6. The minimum absolute atomic E-state index is 0.285. The van der Waals surface area contributed by atoms with Crippen LogP contribution in [0.3, 0.4) is 0 Å². The van der Waals surface area contributed by atoms with Crippen LogP contribution in [0.4, 0.5) is 0 Å². The van der Waals surface area contributed by atoms with Crippen molar-refractivity contribution in [2.45, 2.75) is 51.6 Å². The van der Waals surface area contributed by atoms with Crippen LogP contribution in [-0.4, -0.2) is 48.3 Å². The minimum atomic E-state index is 0.285. The quantitative estimate of drug-likeness (QED) is 0.698. The van der Waals surface area contributed by atoms with E-state index >= 15 is 0 Å². The molecule has 3 heteroatoms. The Labute approximate surface area is 93.9 Å². The zero-order chi connectivity index (χ0) is 11.1. The fourth-order valence-electron chi connectivity index (χ4n) is 2.65. The molecule has 0 aromatic rings. The van der Waals surface area contributed by atoms with Gasteiger partial charge in [0.2, 0.25) is 0 Å². The maximum atomic E-state index is 9.15. The largest absolute Gasteiger partial charge is 0.395 e. The van der Waals surface area contributed by atoms with E-state index in [-0.39, 0.29) is 6.61 Å². The number of piperidine rings is 1. The van der Waals surface area contributed by atoms with Crippen LogP contribution in [0.1, 0.15) is 39.5 Å². The summed E-state index contributed by atoms with van der Waals surface area (Å²) < 4.78 is 0. The van der Waals surface area contributed by atoms with Gasteiger partial charge in [-0.1, -0.05) is 13.8 Å². The van der Waals surface area contributed by atoms with Crippen molar-refractivity contribution in [2.75, 3.05) is 26.2 Å². The van der Waals surface area contributed by atoms with E-state index in [1.54, 1.807) is 0 Å². The Morgan fingerprint density at radius 2 is 2.13 bits per heavy atom. The molecule has 1 aliphatic heterocycles. The van der Waals surface area contributed by atoms with Gasteiger partial charge in [-0.3, -0.25) is 4.90 Å². The summed E-state index contributed by atoms with van der Waals surface area (Å²) in [6, 6.07) is 1.28. The van der Waals surface area contributed by atoms with E-state index in [0.717, 1.165) is 19.6 Å². The van der Waals surface area contributed by atoms with E-state index in [9.17, 15) is 0 Å². The van der Waals surface area contributed by atoms with Gasteiger partial charge in [0.1, 0.15) is 0 Å². The van der Waals surface area contributed by atoms with Crippen molar-refractivity contribution in [3.05, 3.63) is 0 Å². The molecule has 1 unspecified atom stereocenters. The van der Waals surface area contributed by atoms with Crippen LogP contribution in [0, 0.1) is 0 Å². The molecule has 1 saturated heterocycles. The lowest BCUT2D eigenvalue weighted by molar-refractivity contribution is 0.0824. The van der Waals surface area contributed by atoms with Gasteiger partial charge < -0.3 is 10.4 Å². The van der Waals surface area contributed by atoms with Gasteiger partial charge in [0.25, 0.3) is 0 Å². The molecular weight excluding hydrogens is 188 g/mol. The number of hydrogen-bond acceptors (Lipinski definition) is 3. The summed E-state index contributed by atoms with van der Waals surface area (Å²) >= 11 is 0. The Hall–Kier alpha value is -0.120. The Bertz CT molecular complexity index is 154. The van der Waals surface area contributed by atoms with E-state index in [2.05, 4.69) is 24.1 Å². The summed E-state index contributed by atoms with van der Waals surface area (Å²) in [5.41, 5.74) is 0. The first-order valence-corrected chi connectivity index (χ1v) is 6.40. The first-order chi connectivity index (χ1) is 7.33. The summed E-state index contributed by atoms with van der Waals surface area (Å²) in [5.74, 6) is 0. The van der Waals surface area contributed by atoms with Crippen LogP contribution in [0.15, 0.2) is 0 Å². The second-order valence-corrected chi connectivity index (χ2v) is 4.43. The molecule has 1 heterocycles. The monoisotopic (exact) mass is 214 g/mol. The molecule has 0 bridgehead atoms.